The maximum atomic E-state index is 12.2. The third-order valence-electron chi connectivity index (χ3n) is 3.70. The Morgan fingerprint density at radius 2 is 2.32 bits per heavy atom. The smallest absolute Gasteiger partial charge is 0.325 e. The summed E-state index contributed by atoms with van der Waals surface area (Å²) in [6, 6.07) is 3.36. The van der Waals surface area contributed by atoms with Crippen LogP contribution in [-0.4, -0.2) is 29.9 Å². The molecule has 1 fully saturated rings. The normalized spacial score (nSPS) is 22.6. The van der Waals surface area contributed by atoms with Crippen LogP contribution in [0.15, 0.2) is 12.1 Å². The number of carbonyl (C=O) groups is 1. The molecule has 0 radical (unpaired) electrons. The molecule has 22 heavy (non-hydrogen) atoms. The van der Waals surface area contributed by atoms with Crippen LogP contribution in [0.1, 0.15) is 13.8 Å². The summed E-state index contributed by atoms with van der Waals surface area (Å²) in [6.07, 6.45) is 0. The van der Waals surface area contributed by atoms with Crippen molar-refractivity contribution in [3.8, 4) is 23.3 Å². The standard InChI is InChI=1S/C15H13N3O3S/c1-3-4-9-8(2)16-14(19)18(9)15-17-12-11(22-15)6-5-10-13(12)21-7-20-10/h5-6,8-9H,7H2,1-2H3,(H,16,19). The number of hydrogen-bond donors (Lipinski definition) is 1. The van der Waals surface area contributed by atoms with Gasteiger partial charge in [-0.05, 0) is 26.0 Å². The first-order valence-electron chi connectivity index (χ1n) is 6.90. The Morgan fingerprint density at radius 1 is 1.45 bits per heavy atom. The molecule has 0 bridgehead atoms. The third kappa shape index (κ3) is 1.81. The zero-order valence-electron chi connectivity index (χ0n) is 12.0. The van der Waals surface area contributed by atoms with Gasteiger partial charge in [0.05, 0.1) is 10.7 Å². The molecule has 2 aliphatic rings. The number of carbonyl (C=O) groups excluding carboxylic acids is 1. The Bertz CT molecular complexity index is 836. The number of fused-ring (bicyclic) bond motifs is 3. The molecule has 2 amide bonds. The van der Waals surface area contributed by atoms with E-state index in [4.69, 9.17) is 9.47 Å². The van der Waals surface area contributed by atoms with E-state index in [1.807, 2.05) is 19.1 Å². The molecule has 0 aliphatic carbocycles. The van der Waals surface area contributed by atoms with Gasteiger partial charge in [0.25, 0.3) is 0 Å². The lowest BCUT2D eigenvalue weighted by atomic mass is 10.1. The maximum absolute atomic E-state index is 12.2. The Balaban J connectivity index is 1.83. The van der Waals surface area contributed by atoms with Gasteiger partial charge < -0.3 is 14.8 Å². The van der Waals surface area contributed by atoms with Crippen LogP contribution < -0.4 is 19.7 Å². The van der Waals surface area contributed by atoms with E-state index in [0.29, 0.717) is 16.6 Å². The van der Waals surface area contributed by atoms with E-state index in [2.05, 4.69) is 22.1 Å². The van der Waals surface area contributed by atoms with E-state index in [9.17, 15) is 4.79 Å². The van der Waals surface area contributed by atoms with Crippen molar-refractivity contribution in [2.45, 2.75) is 25.9 Å². The van der Waals surface area contributed by atoms with E-state index in [0.717, 1.165) is 10.2 Å². The molecule has 1 aromatic carbocycles. The minimum atomic E-state index is -0.219. The Morgan fingerprint density at radius 3 is 3.14 bits per heavy atom. The largest absolute Gasteiger partial charge is 0.454 e. The van der Waals surface area contributed by atoms with Crippen LogP contribution in [0.2, 0.25) is 0 Å². The minimum Gasteiger partial charge on any atom is -0.454 e. The van der Waals surface area contributed by atoms with Crippen molar-refractivity contribution in [3.05, 3.63) is 12.1 Å². The monoisotopic (exact) mass is 315 g/mol. The number of amides is 2. The fourth-order valence-corrected chi connectivity index (χ4v) is 3.68. The van der Waals surface area contributed by atoms with Gasteiger partial charge in [-0.25, -0.2) is 9.78 Å². The highest BCUT2D eigenvalue weighted by atomic mass is 32.1. The van der Waals surface area contributed by atoms with E-state index in [1.165, 1.54) is 11.3 Å². The number of nitrogens with zero attached hydrogens (tertiary/aromatic N) is 2. The highest BCUT2D eigenvalue weighted by Crippen LogP contribution is 2.43. The van der Waals surface area contributed by atoms with Crippen molar-refractivity contribution in [2.24, 2.45) is 0 Å². The minimum absolute atomic E-state index is 0.0442. The molecular weight excluding hydrogens is 302 g/mol. The third-order valence-corrected chi connectivity index (χ3v) is 4.72. The number of urea groups is 1. The molecule has 1 aromatic heterocycles. The molecule has 2 aromatic rings. The molecule has 2 atom stereocenters. The Labute approximate surface area is 131 Å². The molecule has 7 heteroatoms. The first kappa shape index (κ1) is 13.2. The SMILES string of the molecule is CC#CC1C(C)NC(=O)N1c1nc2c3c(ccc2s1)OCO3. The number of ether oxygens (including phenoxy) is 2. The summed E-state index contributed by atoms with van der Waals surface area (Å²) in [4.78, 5) is 18.5. The number of nitrogens with one attached hydrogen (secondary N) is 1. The molecule has 1 N–H and O–H groups in total. The fraction of sp³-hybridized carbons (Fsp3) is 0.333. The van der Waals surface area contributed by atoms with Gasteiger partial charge in [-0.3, -0.25) is 4.90 Å². The van der Waals surface area contributed by atoms with Crippen molar-refractivity contribution in [1.29, 1.82) is 0 Å². The van der Waals surface area contributed by atoms with Gasteiger partial charge in [0.1, 0.15) is 11.6 Å². The van der Waals surface area contributed by atoms with Crippen molar-refractivity contribution in [1.82, 2.24) is 10.3 Å². The average molecular weight is 315 g/mol. The number of benzene rings is 1. The molecule has 3 heterocycles. The van der Waals surface area contributed by atoms with Crippen molar-refractivity contribution < 1.29 is 14.3 Å². The van der Waals surface area contributed by atoms with Crippen LogP contribution in [-0.2, 0) is 0 Å². The fourth-order valence-electron chi connectivity index (χ4n) is 2.68. The summed E-state index contributed by atoms with van der Waals surface area (Å²) in [7, 11) is 0. The molecular formula is C15H13N3O3S. The second-order valence-corrected chi connectivity index (χ2v) is 6.10. The molecule has 2 aliphatic heterocycles. The Hall–Kier alpha value is -2.46. The first-order chi connectivity index (χ1) is 10.7. The summed E-state index contributed by atoms with van der Waals surface area (Å²) in [5, 5.41) is 3.51. The quantitative estimate of drug-likeness (QED) is 0.821. The molecule has 1 saturated heterocycles. The van der Waals surface area contributed by atoms with Crippen LogP contribution in [0.25, 0.3) is 10.2 Å². The summed E-state index contributed by atoms with van der Waals surface area (Å²) >= 11 is 1.45. The van der Waals surface area contributed by atoms with Gasteiger partial charge >= 0.3 is 6.03 Å². The first-order valence-corrected chi connectivity index (χ1v) is 7.72. The van der Waals surface area contributed by atoms with Crippen molar-refractivity contribution in [3.63, 3.8) is 0 Å². The van der Waals surface area contributed by atoms with E-state index in [-0.39, 0.29) is 24.9 Å². The molecule has 2 unspecified atom stereocenters. The molecule has 112 valence electrons. The predicted molar refractivity (Wildman–Crippen MR) is 83.5 cm³/mol. The number of rotatable bonds is 1. The van der Waals surface area contributed by atoms with Gasteiger partial charge in [-0.1, -0.05) is 17.3 Å². The molecule has 4 rings (SSSR count). The summed E-state index contributed by atoms with van der Waals surface area (Å²) in [6.45, 7) is 3.91. The van der Waals surface area contributed by atoms with Crippen LogP contribution in [0.4, 0.5) is 9.93 Å². The van der Waals surface area contributed by atoms with Crippen molar-refractivity contribution >= 4 is 32.7 Å². The number of thiazole rings is 1. The zero-order chi connectivity index (χ0) is 15.3. The van der Waals surface area contributed by atoms with Gasteiger partial charge in [0.15, 0.2) is 16.6 Å². The molecule has 0 saturated carbocycles. The van der Waals surface area contributed by atoms with Crippen LogP contribution >= 0.6 is 11.3 Å². The maximum Gasteiger partial charge on any atom is 0.325 e. The number of anilines is 1. The van der Waals surface area contributed by atoms with E-state index < -0.39 is 0 Å². The van der Waals surface area contributed by atoms with Gasteiger partial charge in [-0.2, -0.15) is 0 Å². The molecule has 6 nitrogen and oxygen atoms in total. The van der Waals surface area contributed by atoms with Crippen LogP contribution in [0.5, 0.6) is 11.5 Å². The average Bonchev–Trinajstić information content (AvgIpc) is 3.16. The lowest BCUT2D eigenvalue weighted by molar-refractivity contribution is 0.174. The van der Waals surface area contributed by atoms with Crippen LogP contribution in [0.3, 0.4) is 0 Å². The van der Waals surface area contributed by atoms with E-state index >= 15 is 0 Å². The second kappa shape index (κ2) is 4.78. The summed E-state index contributed by atoms with van der Waals surface area (Å²) < 4.78 is 11.8. The van der Waals surface area contributed by atoms with Crippen LogP contribution in [0, 0.1) is 11.8 Å². The summed E-state index contributed by atoms with van der Waals surface area (Å²) in [5.41, 5.74) is 0.727. The molecule has 0 spiro atoms. The lowest BCUT2D eigenvalue weighted by Crippen LogP contribution is -2.34. The van der Waals surface area contributed by atoms with Gasteiger partial charge in [0.2, 0.25) is 6.79 Å². The summed E-state index contributed by atoms with van der Waals surface area (Å²) in [5.74, 6) is 7.29. The van der Waals surface area contributed by atoms with E-state index in [1.54, 1.807) is 11.8 Å². The highest BCUT2D eigenvalue weighted by Gasteiger charge is 2.38. The van der Waals surface area contributed by atoms with Gasteiger partial charge in [0, 0.05) is 0 Å². The highest BCUT2D eigenvalue weighted by molar-refractivity contribution is 7.22. The zero-order valence-corrected chi connectivity index (χ0v) is 12.9. The second-order valence-electron chi connectivity index (χ2n) is 5.09. The van der Waals surface area contributed by atoms with Crippen molar-refractivity contribution in [2.75, 3.05) is 11.7 Å². The number of aromatic nitrogens is 1. The lowest BCUT2D eigenvalue weighted by Gasteiger charge is -2.17. The Kier molecular flexibility index (Phi) is 2.87. The topological polar surface area (TPSA) is 63.7 Å². The predicted octanol–water partition coefficient (Wildman–Crippen LogP) is 2.33. The number of hydrogen-bond acceptors (Lipinski definition) is 5. The van der Waals surface area contributed by atoms with Gasteiger partial charge in [-0.15, -0.1) is 5.92 Å².